The van der Waals surface area contributed by atoms with E-state index in [1.165, 1.54) is 13.5 Å². The van der Waals surface area contributed by atoms with Crippen molar-refractivity contribution in [3.05, 3.63) is 36.0 Å². The first-order valence-electron chi connectivity index (χ1n) is 6.23. The molecule has 3 rings (SSSR count). The zero-order valence-corrected chi connectivity index (χ0v) is 12.3. The van der Waals surface area contributed by atoms with E-state index in [9.17, 15) is 4.79 Å². The van der Waals surface area contributed by atoms with Crippen molar-refractivity contribution in [3.63, 3.8) is 0 Å². The molecule has 0 spiro atoms. The van der Waals surface area contributed by atoms with Gasteiger partial charge in [-0.1, -0.05) is 18.2 Å². The fraction of sp³-hybridized carbons (Fsp3) is 0.357. The number of carbonyl (C=O) groups is 1. The Balaban J connectivity index is 2.13. The summed E-state index contributed by atoms with van der Waals surface area (Å²) in [6.45, 7) is 0. The second kappa shape index (κ2) is 5.51. The van der Waals surface area contributed by atoms with Crippen LogP contribution in [0, 0.1) is 0 Å². The zero-order valence-electron chi connectivity index (χ0n) is 10.7. The van der Waals surface area contributed by atoms with E-state index in [0.29, 0.717) is 4.58 Å². The summed E-state index contributed by atoms with van der Waals surface area (Å²) in [7, 11) is 1.43. The van der Waals surface area contributed by atoms with Crippen LogP contribution in [0.1, 0.15) is 16.7 Å². The molecule has 1 aliphatic rings. The normalized spacial score (nSPS) is 16.7. The summed E-state index contributed by atoms with van der Waals surface area (Å²) in [4.78, 5) is 12.1. The maximum atomic E-state index is 12.1. The van der Waals surface area contributed by atoms with Gasteiger partial charge < -0.3 is 4.74 Å². The van der Waals surface area contributed by atoms with Gasteiger partial charge in [0.25, 0.3) is 0 Å². The topological polar surface area (TPSA) is 31.2 Å². The van der Waals surface area contributed by atoms with Crippen LogP contribution < -0.4 is 0 Å². The Kier molecular flexibility index (Phi) is 3.75. The van der Waals surface area contributed by atoms with Crippen LogP contribution in [0.5, 0.6) is 0 Å². The summed E-state index contributed by atoms with van der Waals surface area (Å²) in [5, 5.41) is 1.09. The van der Waals surface area contributed by atoms with E-state index in [1.54, 1.807) is 4.57 Å². The zero-order chi connectivity index (χ0) is 13.2. The predicted molar refractivity (Wildman–Crippen MR) is 82.0 cm³/mol. The molecule has 1 fully saturated rings. The first-order valence-corrected chi connectivity index (χ1v) is 8.33. The number of para-hydroxylation sites is 1. The highest BCUT2D eigenvalue weighted by molar-refractivity contribution is 8.16. The number of ether oxygens (including phenoxy) is 1. The number of nitrogens with zero attached hydrogens (tertiary/aromatic N) is 1. The van der Waals surface area contributed by atoms with Gasteiger partial charge in [0.1, 0.15) is 0 Å². The maximum Gasteiger partial charge on any atom is 0.418 e. The second-order valence-electron chi connectivity index (χ2n) is 4.36. The van der Waals surface area contributed by atoms with Gasteiger partial charge in [0.05, 0.1) is 22.9 Å². The number of carbonyl (C=O) groups excluding carboxylic acids is 1. The molecule has 1 aliphatic heterocycles. The van der Waals surface area contributed by atoms with E-state index in [0.717, 1.165) is 28.1 Å². The minimum absolute atomic E-state index is 0.303. The van der Waals surface area contributed by atoms with Crippen LogP contribution in [0.2, 0.25) is 0 Å². The molecule has 1 aromatic carbocycles. The van der Waals surface area contributed by atoms with Gasteiger partial charge in [-0.05, 0) is 30.1 Å². The molecule has 0 unspecified atom stereocenters. The van der Waals surface area contributed by atoms with Gasteiger partial charge >= 0.3 is 6.09 Å². The van der Waals surface area contributed by atoms with Gasteiger partial charge in [0.2, 0.25) is 0 Å². The van der Waals surface area contributed by atoms with Gasteiger partial charge in [0.15, 0.2) is 0 Å². The van der Waals surface area contributed by atoms with Gasteiger partial charge in [-0.25, -0.2) is 9.36 Å². The Morgan fingerprint density at radius 1 is 1.32 bits per heavy atom. The second-order valence-corrected chi connectivity index (χ2v) is 7.08. The predicted octanol–water partition coefficient (Wildman–Crippen LogP) is 4.12. The molecule has 1 saturated heterocycles. The molecule has 100 valence electrons. The quantitative estimate of drug-likeness (QED) is 0.791. The van der Waals surface area contributed by atoms with Crippen LogP contribution >= 0.6 is 23.5 Å². The van der Waals surface area contributed by atoms with E-state index in [4.69, 9.17) is 4.74 Å². The van der Waals surface area contributed by atoms with Crippen molar-refractivity contribution in [3.8, 4) is 0 Å². The fourth-order valence-corrected chi connectivity index (χ4v) is 5.19. The van der Waals surface area contributed by atoms with Crippen LogP contribution in [0.15, 0.2) is 30.3 Å². The fourth-order valence-electron chi connectivity index (χ4n) is 2.30. The molecule has 0 saturated carbocycles. The number of hydrogen-bond donors (Lipinski definition) is 0. The van der Waals surface area contributed by atoms with Crippen LogP contribution in [0.4, 0.5) is 4.79 Å². The molecular formula is C14H15NO2S2. The maximum absolute atomic E-state index is 12.1. The van der Waals surface area contributed by atoms with Crippen molar-refractivity contribution in [2.45, 2.75) is 11.0 Å². The average Bonchev–Trinajstić information content (AvgIpc) is 2.87. The van der Waals surface area contributed by atoms with Crippen molar-refractivity contribution in [2.24, 2.45) is 0 Å². The standard InChI is InChI=1S/C14H15NO2S2/c1-17-14(16)15-11-6-3-2-5-10(11)9-12(15)13-18-7-4-8-19-13/h2-3,5-6,9,13H,4,7-8H2,1H3. The minimum atomic E-state index is -0.303. The van der Waals surface area contributed by atoms with Crippen molar-refractivity contribution in [1.29, 1.82) is 0 Å². The van der Waals surface area contributed by atoms with E-state index < -0.39 is 0 Å². The number of benzene rings is 1. The third-order valence-corrected chi connectivity index (χ3v) is 6.12. The van der Waals surface area contributed by atoms with Gasteiger partial charge in [-0.2, -0.15) is 0 Å². The third-order valence-electron chi connectivity index (χ3n) is 3.17. The van der Waals surface area contributed by atoms with Gasteiger partial charge in [0, 0.05) is 5.39 Å². The van der Waals surface area contributed by atoms with Gasteiger partial charge in [-0.15, -0.1) is 23.5 Å². The lowest BCUT2D eigenvalue weighted by molar-refractivity contribution is 0.173. The van der Waals surface area contributed by atoms with Crippen LogP contribution in [0.3, 0.4) is 0 Å². The third kappa shape index (κ3) is 2.37. The molecule has 2 aromatic rings. The van der Waals surface area contributed by atoms with E-state index in [1.807, 2.05) is 47.8 Å². The Morgan fingerprint density at radius 3 is 2.79 bits per heavy atom. The van der Waals surface area contributed by atoms with Gasteiger partial charge in [-0.3, -0.25) is 0 Å². The van der Waals surface area contributed by atoms with Crippen LogP contribution in [0.25, 0.3) is 10.9 Å². The lowest BCUT2D eigenvalue weighted by Gasteiger charge is -2.21. The summed E-state index contributed by atoms with van der Waals surface area (Å²) in [6, 6.07) is 10.1. The molecule has 0 radical (unpaired) electrons. The summed E-state index contributed by atoms with van der Waals surface area (Å²) in [5.41, 5.74) is 1.97. The van der Waals surface area contributed by atoms with Crippen LogP contribution in [-0.2, 0) is 4.74 Å². The Bertz CT molecular complexity index is 603. The summed E-state index contributed by atoms with van der Waals surface area (Å²) in [6.07, 6.45) is 0.938. The molecule has 3 nitrogen and oxygen atoms in total. The van der Waals surface area contributed by atoms with E-state index >= 15 is 0 Å². The molecule has 1 aromatic heterocycles. The summed E-state index contributed by atoms with van der Waals surface area (Å²) < 4.78 is 6.97. The SMILES string of the molecule is COC(=O)n1c(C2SCCCS2)cc2ccccc21. The highest BCUT2D eigenvalue weighted by atomic mass is 32.2. The highest BCUT2D eigenvalue weighted by Gasteiger charge is 2.24. The number of methoxy groups -OCH3 is 1. The first kappa shape index (κ1) is 12.9. The monoisotopic (exact) mass is 293 g/mol. The molecule has 0 N–H and O–H groups in total. The van der Waals surface area contributed by atoms with Crippen molar-refractivity contribution < 1.29 is 9.53 Å². The Morgan fingerprint density at radius 2 is 2.05 bits per heavy atom. The van der Waals surface area contributed by atoms with Crippen molar-refractivity contribution >= 4 is 40.5 Å². The minimum Gasteiger partial charge on any atom is -0.452 e. The van der Waals surface area contributed by atoms with Crippen molar-refractivity contribution in [1.82, 2.24) is 4.57 Å². The number of fused-ring (bicyclic) bond motifs is 1. The molecule has 0 amide bonds. The summed E-state index contributed by atoms with van der Waals surface area (Å²) in [5.74, 6) is 2.31. The number of rotatable bonds is 1. The first-order chi connectivity index (χ1) is 9.31. The smallest absolute Gasteiger partial charge is 0.418 e. The molecule has 2 heterocycles. The van der Waals surface area contributed by atoms with Crippen molar-refractivity contribution in [2.75, 3.05) is 18.6 Å². The Hall–Kier alpha value is -1.07. The van der Waals surface area contributed by atoms with E-state index in [-0.39, 0.29) is 6.09 Å². The van der Waals surface area contributed by atoms with Crippen LogP contribution in [-0.4, -0.2) is 29.3 Å². The molecule has 0 atom stereocenters. The molecule has 0 aliphatic carbocycles. The lowest BCUT2D eigenvalue weighted by atomic mass is 10.2. The number of thioether (sulfide) groups is 2. The Labute approximate surface area is 120 Å². The molecule has 19 heavy (non-hydrogen) atoms. The van der Waals surface area contributed by atoms with E-state index in [2.05, 4.69) is 6.07 Å². The molecular weight excluding hydrogens is 278 g/mol. The molecule has 0 bridgehead atoms. The number of aromatic nitrogens is 1. The largest absolute Gasteiger partial charge is 0.452 e. The average molecular weight is 293 g/mol. The highest BCUT2D eigenvalue weighted by Crippen LogP contribution is 2.45. The number of hydrogen-bond acceptors (Lipinski definition) is 4. The lowest BCUT2D eigenvalue weighted by Crippen LogP contribution is -2.16. The summed E-state index contributed by atoms with van der Waals surface area (Å²) >= 11 is 3.82. The molecule has 5 heteroatoms.